The number of pyridine rings is 2. The fourth-order valence-corrected chi connectivity index (χ4v) is 6.34. The molecule has 10 heteroatoms. The number of carbonyl (C=O) groups excluding carboxylic acids is 2. The molecule has 0 spiro atoms. The Labute approximate surface area is 253 Å². The molecule has 1 saturated carbocycles. The second-order valence-electron chi connectivity index (χ2n) is 13.2. The van der Waals surface area contributed by atoms with Crippen LogP contribution in [0, 0.1) is 16.7 Å². The Bertz CT molecular complexity index is 1520. The van der Waals surface area contributed by atoms with E-state index in [-0.39, 0.29) is 11.2 Å². The predicted octanol–water partition coefficient (Wildman–Crippen LogP) is 6.07. The van der Waals surface area contributed by atoms with Crippen molar-refractivity contribution < 1.29 is 19.1 Å². The van der Waals surface area contributed by atoms with Crippen LogP contribution in [0.15, 0.2) is 36.8 Å². The third kappa shape index (κ3) is 6.61. The second kappa shape index (κ2) is 11.9. The van der Waals surface area contributed by atoms with Crippen LogP contribution in [0.4, 0.5) is 10.6 Å². The number of rotatable bonds is 8. The van der Waals surface area contributed by atoms with E-state index in [9.17, 15) is 14.9 Å². The first-order valence-corrected chi connectivity index (χ1v) is 15.2. The van der Waals surface area contributed by atoms with Gasteiger partial charge in [0, 0.05) is 36.8 Å². The van der Waals surface area contributed by atoms with Gasteiger partial charge in [-0.3, -0.25) is 4.79 Å². The number of hydrogen-bond acceptors (Lipinski definition) is 8. The molecule has 4 heterocycles. The lowest BCUT2D eigenvalue weighted by Gasteiger charge is -2.41. The molecule has 1 aliphatic heterocycles. The summed E-state index contributed by atoms with van der Waals surface area (Å²) in [4.78, 5) is 33.4. The first-order valence-electron chi connectivity index (χ1n) is 15.2. The number of piperidine rings is 1. The van der Waals surface area contributed by atoms with Gasteiger partial charge in [-0.25, -0.2) is 14.3 Å². The zero-order valence-corrected chi connectivity index (χ0v) is 25.9. The van der Waals surface area contributed by atoms with Crippen LogP contribution in [0.3, 0.4) is 0 Å². The summed E-state index contributed by atoms with van der Waals surface area (Å²) >= 11 is 0. The SMILES string of the molecule is CCOc1cc(-c2ccc(N3CCC(C)(CC(=O)C4(NC(=O)OC(C)(C)C)CCCC4)CC3)nc2)c2c(C#N)cnn2c1. The lowest BCUT2D eigenvalue weighted by molar-refractivity contribution is -0.128. The minimum atomic E-state index is -0.828. The number of carbonyl (C=O) groups is 2. The third-order valence-corrected chi connectivity index (χ3v) is 8.69. The Kier molecular flexibility index (Phi) is 8.37. The number of ether oxygens (including phenoxy) is 2. The number of fused-ring (bicyclic) bond motifs is 1. The van der Waals surface area contributed by atoms with E-state index >= 15 is 0 Å². The average molecular weight is 587 g/mol. The predicted molar refractivity (Wildman–Crippen MR) is 164 cm³/mol. The zero-order valence-electron chi connectivity index (χ0n) is 25.9. The van der Waals surface area contributed by atoms with Gasteiger partial charge in [-0.2, -0.15) is 10.4 Å². The van der Waals surface area contributed by atoms with Crippen molar-refractivity contribution in [1.29, 1.82) is 5.26 Å². The van der Waals surface area contributed by atoms with Gasteiger partial charge in [-0.1, -0.05) is 19.8 Å². The topological polar surface area (TPSA) is 122 Å². The molecule has 0 radical (unpaired) electrons. The molecule has 228 valence electrons. The standard InChI is InChI=1S/C33H42N6O4/c1-6-42-25-17-26(29-24(19-34)21-36-39(29)22-25)23-9-10-28(35-20-23)38-15-13-32(5,14-16-38)18-27(40)33(11-7-8-12-33)37-30(41)43-31(2,3)4/h9-10,17,20-22H,6-8,11-16,18H2,1-5H3,(H,37,41). The van der Waals surface area contributed by atoms with Crippen LogP contribution in [-0.4, -0.2) is 57.3 Å². The molecule has 10 nitrogen and oxygen atoms in total. The molecule has 1 aliphatic carbocycles. The molecule has 0 bridgehead atoms. The Morgan fingerprint density at radius 3 is 2.44 bits per heavy atom. The number of nitrogens with one attached hydrogen (secondary N) is 1. The summed E-state index contributed by atoms with van der Waals surface area (Å²) in [6.07, 6.45) is 9.97. The van der Waals surface area contributed by atoms with E-state index in [0.29, 0.717) is 37.2 Å². The summed E-state index contributed by atoms with van der Waals surface area (Å²) in [5.74, 6) is 1.67. The lowest BCUT2D eigenvalue weighted by atomic mass is 9.73. The number of Topliss-reactive ketones (excluding diaryl/α,β-unsaturated/α-hetero) is 1. The summed E-state index contributed by atoms with van der Waals surface area (Å²) in [6.45, 7) is 11.7. The van der Waals surface area contributed by atoms with Gasteiger partial charge in [0.15, 0.2) is 5.78 Å². The summed E-state index contributed by atoms with van der Waals surface area (Å²) in [7, 11) is 0. The summed E-state index contributed by atoms with van der Waals surface area (Å²) < 4.78 is 12.9. The van der Waals surface area contributed by atoms with Crippen LogP contribution in [0.25, 0.3) is 16.6 Å². The fraction of sp³-hybridized carbons (Fsp3) is 0.545. The highest BCUT2D eigenvalue weighted by Gasteiger charge is 2.46. The van der Waals surface area contributed by atoms with E-state index in [1.54, 1.807) is 16.9 Å². The van der Waals surface area contributed by atoms with Crippen molar-refractivity contribution in [3.05, 3.63) is 42.4 Å². The van der Waals surface area contributed by atoms with Gasteiger partial charge in [-0.05, 0) is 77.0 Å². The molecule has 0 aromatic carbocycles. The van der Waals surface area contributed by atoms with Crippen LogP contribution in [0.5, 0.6) is 5.75 Å². The maximum absolute atomic E-state index is 13.7. The third-order valence-electron chi connectivity index (χ3n) is 8.69. The van der Waals surface area contributed by atoms with Crippen LogP contribution in [-0.2, 0) is 9.53 Å². The normalized spacial score (nSPS) is 17.8. The molecule has 1 saturated heterocycles. The molecule has 2 fully saturated rings. The molecular weight excluding hydrogens is 544 g/mol. The fourth-order valence-electron chi connectivity index (χ4n) is 6.34. The van der Waals surface area contributed by atoms with Crippen LogP contribution < -0.4 is 15.0 Å². The number of ketones is 1. The number of anilines is 1. The minimum Gasteiger partial charge on any atom is -0.492 e. The van der Waals surface area contributed by atoms with Crippen LogP contribution in [0.1, 0.15) is 85.1 Å². The van der Waals surface area contributed by atoms with Gasteiger partial charge in [-0.15, -0.1) is 0 Å². The lowest BCUT2D eigenvalue weighted by Crippen LogP contribution is -2.55. The Balaban J connectivity index is 1.26. The van der Waals surface area contributed by atoms with E-state index in [1.807, 2.05) is 52.1 Å². The number of nitriles is 1. The molecule has 5 rings (SSSR count). The van der Waals surface area contributed by atoms with E-state index in [0.717, 1.165) is 61.2 Å². The Morgan fingerprint density at radius 2 is 1.84 bits per heavy atom. The Hall–Kier alpha value is -4.13. The highest BCUT2D eigenvalue weighted by atomic mass is 16.6. The zero-order chi connectivity index (χ0) is 30.8. The molecule has 0 unspecified atom stereocenters. The number of alkyl carbamates (subject to hydrolysis) is 1. The summed E-state index contributed by atoms with van der Waals surface area (Å²) in [5, 5.41) is 16.9. The van der Waals surface area contributed by atoms with Crippen molar-refractivity contribution in [2.45, 2.75) is 90.7 Å². The number of hydrogen-bond donors (Lipinski definition) is 1. The Morgan fingerprint density at radius 1 is 1.12 bits per heavy atom. The summed E-state index contributed by atoms with van der Waals surface area (Å²) in [6, 6.07) is 8.18. The van der Waals surface area contributed by atoms with Gasteiger partial charge < -0.3 is 19.7 Å². The molecule has 1 N–H and O–H groups in total. The van der Waals surface area contributed by atoms with Gasteiger partial charge in [0.2, 0.25) is 0 Å². The monoisotopic (exact) mass is 586 g/mol. The largest absolute Gasteiger partial charge is 0.492 e. The van der Waals surface area contributed by atoms with Crippen molar-refractivity contribution in [3.63, 3.8) is 0 Å². The highest BCUT2D eigenvalue weighted by molar-refractivity contribution is 5.92. The quantitative estimate of drug-likeness (QED) is 0.338. The van der Waals surface area contributed by atoms with E-state index < -0.39 is 17.2 Å². The average Bonchev–Trinajstić information content (AvgIpc) is 3.60. The smallest absolute Gasteiger partial charge is 0.408 e. The van der Waals surface area contributed by atoms with Gasteiger partial charge in [0.05, 0.1) is 30.1 Å². The van der Waals surface area contributed by atoms with Crippen molar-refractivity contribution in [2.24, 2.45) is 5.41 Å². The molecule has 0 atom stereocenters. The highest BCUT2D eigenvalue weighted by Crippen LogP contribution is 2.41. The van der Waals surface area contributed by atoms with Crippen LogP contribution in [0.2, 0.25) is 0 Å². The molecule has 3 aromatic heterocycles. The van der Waals surface area contributed by atoms with Crippen molar-refractivity contribution in [2.75, 3.05) is 24.6 Å². The van der Waals surface area contributed by atoms with E-state index in [4.69, 9.17) is 14.5 Å². The van der Waals surface area contributed by atoms with Crippen molar-refractivity contribution in [1.82, 2.24) is 19.9 Å². The maximum atomic E-state index is 13.7. The van der Waals surface area contributed by atoms with Crippen molar-refractivity contribution >= 4 is 23.2 Å². The number of nitrogens with zero attached hydrogens (tertiary/aromatic N) is 5. The molecular formula is C33H42N6O4. The first kappa shape index (κ1) is 30.3. The van der Waals surface area contributed by atoms with Gasteiger partial charge >= 0.3 is 6.09 Å². The van der Waals surface area contributed by atoms with E-state index in [1.165, 1.54) is 0 Å². The molecule has 43 heavy (non-hydrogen) atoms. The van der Waals surface area contributed by atoms with Crippen LogP contribution >= 0.6 is 0 Å². The molecule has 2 aliphatic rings. The summed E-state index contributed by atoms with van der Waals surface area (Å²) in [5.41, 5.74) is 1.33. The maximum Gasteiger partial charge on any atom is 0.408 e. The van der Waals surface area contributed by atoms with Crippen molar-refractivity contribution in [3.8, 4) is 22.9 Å². The van der Waals surface area contributed by atoms with E-state index in [2.05, 4.69) is 28.3 Å². The molecule has 1 amide bonds. The van der Waals surface area contributed by atoms with Gasteiger partial charge in [0.25, 0.3) is 0 Å². The molecule has 3 aromatic rings. The number of amides is 1. The second-order valence-corrected chi connectivity index (χ2v) is 13.2. The van der Waals surface area contributed by atoms with Gasteiger partial charge in [0.1, 0.15) is 28.8 Å². The minimum absolute atomic E-state index is 0.117. The first-order chi connectivity index (χ1) is 20.4. The number of aromatic nitrogens is 3.